The second kappa shape index (κ2) is 5.89. The van der Waals surface area contributed by atoms with Crippen LogP contribution in [0.3, 0.4) is 0 Å². The molecule has 1 unspecified atom stereocenters. The average molecular weight is 241 g/mol. The summed E-state index contributed by atoms with van der Waals surface area (Å²) in [5.41, 5.74) is 1.99. The van der Waals surface area contributed by atoms with E-state index in [1.54, 1.807) is 7.11 Å². The zero-order valence-electron chi connectivity index (χ0n) is 10.2. The molecule has 0 amide bonds. The van der Waals surface area contributed by atoms with Crippen molar-refractivity contribution < 1.29 is 4.74 Å². The highest BCUT2D eigenvalue weighted by Crippen LogP contribution is 2.13. The van der Waals surface area contributed by atoms with Gasteiger partial charge in [-0.05, 0) is 29.8 Å². The van der Waals surface area contributed by atoms with Gasteiger partial charge < -0.3 is 9.72 Å². The maximum atomic E-state index is 9.11. The van der Waals surface area contributed by atoms with Gasteiger partial charge in [0.2, 0.25) is 0 Å². The molecule has 0 saturated heterocycles. The lowest BCUT2D eigenvalue weighted by molar-refractivity contribution is 0.414. The predicted octanol–water partition coefficient (Wildman–Crippen LogP) is 2.38. The van der Waals surface area contributed by atoms with Gasteiger partial charge in [0.25, 0.3) is 0 Å². The summed E-state index contributed by atoms with van der Waals surface area (Å²) in [5, 5.41) is 12.3. The standard InChI is InChI=1S/C14H15N3O/c1-18-12-6-4-11(5-7-12)10-17-14(9-15)13-3-2-8-16-13/h2-8,14,16-17H,10H2,1H3. The Bertz CT molecular complexity index is 511. The molecule has 0 spiro atoms. The van der Waals surface area contributed by atoms with Gasteiger partial charge in [-0.1, -0.05) is 12.1 Å². The van der Waals surface area contributed by atoms with Crippen LogP contribution < -0.4 is 10.1 Å². The largest absolute Gasteiger partial charge is 0.497 e. The zero-order chi connectivity index (χ0) is 12.8. The molecule has 2 N–H and O–H groups in total. The molecule has 92 valence electrons. The Labute approximate surface area is 106 Å². The molecule has 4 nitrogen and oxygen atoms in total. The zero-order valence-corrected chi connectivity index (χ0v) is 10.2. The molecule has 1 aromatic carbocycles. The van der Waals surface area contributed by atoms with Crippen LogP contribution in [0.5, 0.6) is 5.75 Å². The van der Waals surface area contributed by atoms with Gasteiger partial charge in [0.05, 0.1) is 13.2 Å². The second-order valence-corrected chi connectivity index (χ2v) is 3.92. The van der Waals surface area contributed by atoms with Gasteiger partial charge in [-0.2, -0.15) is 5.26 Å². The Morgan fingerprint density at radius 2 is 2.11 bits per heavy atom. The van der Waals surface area contributed by atoms with E-state index in [9.17, 15) is 0 Å². The van der Waals surface area contributed by atoms with Gasteiger partial charge in [-0.15, -0.1) is 0 Å². The topological polar surface area (TPSA) is 60.8 Å². The van der Waals surface area contributed by atoms with Crippen molar-refractivity contribution in [3.63, 3.8) is 0 Å². The van der Waals surface area contributed by atoms with Gasteiger partial charge in [-0.25, -0.2) is 0 Å². The van der Waals surface area contributed by atoms with E-state index >= 15 is 0 Å². The molecule has 18 heavy (non-hydrogen) atoms. The molecule has 0 bridgehead atoms. The Morgan fingerprint density at radius 1 is 1.33 bits per heavy atom. The van der Waals surface area contributed by atoms with E-state index in [0.29, 0.717) is 6.54 Å². The number of hydrogen-bond acceptors (Lipinski definition) is 3. The Balaban J connectivity index is 1.96. The maximum Gasteiger partial charge on any atom is 0.136 e. The summed E-state index contributed by atoms with van der Waals surface area (Å²) >= 11 is 0. The highest BCUT2D eigenvalue weighted by Gasteiger charge is 2.09. The second-order valence-electron chi connectivity index (χ2n) is 3.92. The van der Waals surface area contributed by atoms with Crippen molar-refractivity contribution in [1.82, 2.24) is 10.3 Å². The van der Waals surface area contributed by atoms with Crippen molar-refractivity contribution in [1.29, 1.82) is 5.26 Å². The molecular formula is C14H15N3O. The number of H-pyrrole nitrogens is 1. The first-order chi connectivity index (χ1) is 8.83. The average Bonchev–Trinajstić information content (AvgIpc) is 2.94. The Morgan fingerprint density at radius 3 is 2.67 bits per heavy atom. The van der Waals surface area contributed by atoms with E-state index in [-0.39, 0.29) is 6.04 Å². The van der Waals surface area contributed by atoms with Crippen LogP contribution in [0.1, 0.15) is 17.3 Å². The van der Waals surface area contributed by atoms with Crippen molar-refractivity contribution in [2.45, 2.75) is 12.6 Å². The minimum Gasteiger partial charge on any atom is -0.497 e. The first-order valence-electron chi connectivity index (χ1n) is 5.72. The molecule has 0 fully saturated rings. The van der Waals surface area contributed by atoms with Gasteiger partial charge in [0, 0.05) is 18.4 Å². The van der Waals surface area contributed by atoms with E-state index in [0.717, 1.165) is 17.0 Å². The molecule has 1 aromatic heterocycles. The van der Waals surface area contributed by atoms with Crippen LogP contribution in [-0.2, 0) is 6.54 Å². The summed E-state index contributed by atoms with van der Waals surface area (Å²) in [6.07, 6.45) is 1.81. The number of nitrogens with one attached hydrogen (secondary N) is 2. The number of nitrogens with zero attached hydrogens (tertiary/aromatic N) is 1. The molecule has 1 atom stereocenters. The monoisotopic (exact) mass is 241 g/mol. The Hall–Kier alpha value is -2.25. The molecule has 0 radical (unpaired) electrons. The SMILES string of the molecule is COc1ccc(CNC(C#N)c2ccc[nH]2)cc1. The number of nitriles is 1. The molecule has 0 aliphatic carbocycles. The third-order valence-electron chi connectivity index (χ3n) is 2.73. The van der Waals surface area contributed by atoms with Crippen LogP contribution in [0, 0.1) is 11.3 Å². The molecule has 1 heterocycles. The summed E-state index contributed by atoms with van der Waals surface area (Å²) < 4.78 is 5.10. The van der Waals surface area contributed by atoms with Gasteiger partial charge in [0.1, 0.15) is 11.8 Å². The summed E-state index contributed by atoms with van der Waals surface area (Å²) in [5.74, 6) is 0.833. The third-order valence-corrected chi connectivity index (χ3v) is 2.73. The first kappa shape index (κ1) is 12.2. The Kier molecular flexibility index (Phi) is 4.00. The van der Waals surface area contributed by atoms with Gasteiger partial charge in [0.15, 0.2) is 0 Å². The summed E-state index contributed by atoms with van der Waals surface area (Å²) in [7, 11) is 1.64. The molecule has 0 saturated carbocycles. The van der Waals surface area contributed by atoms with E-state index in [4.69, 9.17) is 10.00 Å². The van der Waals surface area contributed by atoms with Gasteiger partial charge >= 0.3 is 0 Å². The van der Waals surface area contributed by atoms with E-state index in [2.05, 4.69) is 16.4 Å². The number of methoxy groups -OCH3 is 1. The molecular weight excluding hydrogens is 226 g/mol. The quantitative estimate of drug-likeness (QED) is 0.844. The van der Waals surface area contributed by atoms with Crippen LogP contribution in [0.15, 0.2) is 42.6 Å². The number of hydrogen-bond donors (Lipinski definition) is 2. The molecule has 0 aliphatic heterocycles. The van der Waals surface area contributed by atoms with Crippen LogP contribution in [0.25, 0.3) is 0 Å². The highest BCUT2D eigenvalue weighted by molar-refractivity contribution is 5.27. The molecule has 2 rings (SSSR count). The van der Waals surface area contributed by atoms with Crippen LogP contribution in [0.2, 0.25) is 0 Å². The summed E-state index contributed by atoms with van der Waals surface area (Å²) in [6.45, 7) is 0.640. The predicted molar refractivity (Wildman–Crippen MR) is 69.0 cm³/mol. The normalized spacial score (nSPS) is 11.8. The van der Waals surface area contributed by atoms with Crippen molar-refractivity contribution in [2.24, 2.45) is 0 Å². The lowest BCUT2D eigenvalue weighted by Gasteiger charge is -2.10. The van der Waals surface area contributed by atoms with Crippen LogP contribution in [-0.4, -0.2) is 12.1 Å². The van der Waals surface area contributed by atoms with Crippen molar-refractivity contribution in [2.75, 3.05) is 7.11 Å². The number of aromatic nitrogens is 1. The number of aromatic amines is 1. The molecule has 0 aliphatic rings. The van der Waals surface area contributed by atoms with E-state index in [1.165, 1.54) is 0 Å². The minimum absolute atomic E-state index is 0.317. The van der Waals surface area contributed by atoms with E-state index in [1.807, 2.05) is 42.6 Å². The summed E-state index contributed by atoms with van der Waals surface area (Å²) in [6, 6.07) is 13.5. The first-order valence-corrected chi connectivity index (χ1v) is 5.72. The lowest BCUT2D eigenvalue weighted by Crippen LogP contribution is -2.19. The fraction of sp³-hybridized carbons (Fsp3) is 0.214. The number of benzene rings is 1. The van der Waals surface area contributed by atoms with Crippen LogP contribution in [0.4, 0.5) is 0 Å². The smallest absolute Gasteiger partial charge is 0.136 e. The van der Waals surface area contributed by atoms with E-state index < -0.39 is 0 Å². The molecule has 2 aromatic rings. The number of rotatable bonds is 5. The molecule has 4 heteroatoms. The maximum absolute atomic E-state index is 9.11. The highest BCUT2D eigenvalue weighted by atomic mass is 16.5. The lowest BCUT2D eigenvalue weighted by atomic mass is 10.2. The third kappa shape index (κ3) is 2.90. The fourth-order valence-corrected chi connectivity index (χ4v) is 1.71. The fourth-order valence-electron chi connectivity index (χ4n) is 1.71. The number of ether oxygens (including phenoxy) is 1. The van der Waals surface area contributed by atoms with Crippen molar-refractivity contribution in [3.8, 4) is 11.8 Å². The summed E-state index contributed by atoms with van der Waals surface area (Å²) in [4.78, 5) is 3.04. The van der Waals surface area contributed by atoms with Crippen molar-refractivity contribution in [3.05, 3.63) is 53.9 Å². The van der Waals surface area contributed by atoms with Crippen LogP contribution >= 0.6 is 0 Å². The van der Waals surface area contributed by atoms with Gasteiger partial charge in [-0.3, -0.25) is 5.32 Å². The minimum atomic E-state index is -0.317. The van der Waals surface area contributed by atoms with Crippen molar-refractivity contribution >= 4 is 0 Å².